The van der Waals surface area contributed by atoms with E-state index in [4.69, 9.17) is 0 Å². The molecular formula is C46H74. The van der Waals surface area contributed by atoms with Crippen LogP contribution in [0.25, 0.3) is 0 Å². The maximum atomic E-state index is 4.57. The molecule has 0 N–H and O–H groups in total. The van der Waals surface area contributed by atoms with Gasteiger partial charge in [0.15, 0.2) is 0 Å². The predicted octanol–water partition coefficient (Wildman–Crippen LogP) is 12.6. The number of hydrogen-bond donors (Lipinski definition) is 0. The molecule has 22 unspecified atom stereocenters. The maximum absolute atomic E-state index is 4.57. The molecule has 0 saturated heterocycles. The van der Waals surface area contributed by atoms with Crippen molar-refractivity contribution < 1.29 is 0 Å². The summed E-state index contributed by atoms with van der Waals surface area (Å²) < 4.78 is 0. The molecular weight excluding hydrogens is 553 g/mol. The summed E-state index contributed by atoms with van der Waals surface area (Å²) >= 11 is 0. The van der Waals surface area contributed by atoms with Crippen LogP contribution in [0.15, 0.2) is 12.2 Å². The molecule has 258 valence electrons. The van der Waals surface area contributed by atoms with Crippen LogP contribution in [0, 0.1) is 130 Å². The predicted molar refractivity (Wildman–Crippen MR) is 194 cm³/mol. The maximum Gasteiger partial charge on any atom is -0.0206 e. The Balaban J connectivity index is 0.796. The molecule has 0 aromatic carbocycles. The monoisotopic (exact) mass is 627 g/mol. The highest BCUT2D eigenvalue weighted by Crippen LogP contribution is 2.75. The second-order valence-corrected chi connectivity index (χ2v) is 20.4. The van der Waals surface area contributed by atoms with Crippen molar-refractivity contribution >= 4 is 0 Å². The highest BCUT2D eigenvalue weighted by molar-refractivity contribution is 5.17. The van der Waals surface area contributed by atoms with Crippen LogP contribution < -0.4 is 0 Å². The van der Waals surface area contributed by atoms with E-state index in [1.54, 1.807) is 50.5 Å². The highest BCUT2D eigenvalue weighted by Gasteiger charge is 2.68. The quantitative estimate of drug-likeness (QED) is 0.212. The van der Waals surface area contributed by atoms with Gasteiger partial charge in [-0.1, -0.05) is 85.8 Å². The molecule has 22 atom stereocenters. The summed E-state index contributed by atoms with van der Waals surface area (Å²) in [6.45, 7) is 19.7. The second kappa shape index (κ2) is 11.9. The molecule has 0 amide bonds. The van der Waals surface area contributed by atoms with Crippen molar-refractivity contribution in [1.82, 2.24) is 0 Å². The van der Waals surface area contributed by atoms with Gasteiger partial charge in [-0.15, -0.1) is 0 Å². The van der Waals surface area contributed by atoms with Gasteiger partial charge in [0.05, 0.1) is 0 Å². The molecule has 9 aliphatic rings. The van der Waals surface area contributed by atoms with Gasteiger partial charge in [-0.2, -0.15) is 0 Å². The molecule has 9 rings (SSSR count). The van der Waals surface area contributed by atoms with Crippen LogP contribution in [-0.4, -0.2) is 0 Å². The number of allylic oxidation sites excluding steroid dienone is 1. The fraction of sp³-hybridized carbons (Fsp3) is 0.957. The van der Waals surface area contributed by atoms with E-state index in [1.807, 2.05) is 0 Å². The lowest BCUT2D eigenvalue weighted by atomic mass is 9.32. The van der Waals surface area contributed by atoms with Crippen LogP contribution in [-0.2, 0) is 0 Å². The molecule has 9 saturated carbocycles. The largest absolute Gasteiger partial charge is 0.0996 e. The van der Waals surface area contributed by atoms with E-state index in [9.17, 15) is 0 Å². The third kappa shape index (κ3) is 4.40. The first-order valence-corrected chi connectivity index (χ1v) is 22.1. The van der Waals surface area contributed by atoms with E-state index in [0.717, 1.165) is 124 Å². The van der Waals surface area contributed by atoms with Crippen molar-refractivity contribution in [2.24, 2.45) is 130 Å². The van der Waals surface area contributed by atoms with E-state index < -0.39 is 0 Å². The number of hydrogen-bond acceptors (Lipinski definition) is 0. The van der Waals surface area contributed by atoms with E-state index in [2.05, 4.69) is 48.1 Å². The summed E-state index contributed by atoms with van der Waals surface area (Å²) in [4.78, 5) is 0. The molecule has 9 aliphatic carbocycles. The Labute approximate surface area is 285 Å². The molecule has 0 heterocycles. The number of fused-ring (bicyclic) bond motifs is 11. The Hall–Kier alpha value is -0.260. The summed E-state index contributed by atoms with van der Waals surface area (Å²) in [5.41, 5.74) is 1.61. The Kier molecular flexibility index (Phi) is 8.22. The minimum absolute atomic E-state index is 0.832. The molecule has 46 heavy (non-hydrogen) atoms. The Morgan fingerprint density at radius 2 is 0.826 bits per heavy atom. The smallest absolute Gasteiger partial charge is 0.0206 e. The van der Waals surface area contributed by atoms with Crippen molar-refractivity contribution in [3.63, 3.8) is 0 Å². The van der Waals surface area contributed by atoms with Gasteiger partial charge in [0, 0.05) is 0 Å². The molecule has 0 heteroatoms. The summed E-state index contributed by atoms with van der Waals surface area (Å²) in [5.74, 6) is 24.0. The van der Waals surface area contributed by atoms with Gasteiger partial charge in [0.1, 0.15) is 0 Å². The van der Waals surface area contributed by atoms with E-state index >= 15 is 0 Å². The second-order valence-electron chi connectivity index (χ2n) is 20.4. The van der Waals surface area contributed by atoms with Gasteiger partial charge >= 0.3 is 0 Å². The van der Waals surface area contributed by atoms with E-state index in [0.29, 0.717) is 0 Å². The van der Waals surface area contributed by atoms with Gasteiger partial charge in [-0.3, -0.25) is 0 Å². The van der Waals surface area contributed by atoms with Crippen LogP contribution in [0.1, 0.15) is 144 Å². The van der Waals surface area contributed by atoms with E-state index in [-0.39, 0.29) is 0 Å². The lowest BCUT2D eigenvalue weighted by molar-refractivity contribution is -0.242. The normalized spacial score (nSPS) is 58.0. The fourth-order valence-corrected chi connectivity index (χ4v) is 18.0. The summed E-state index contributed by atoms with van der Waals surface area (Å²) in [7, 11) is 0. The lowest BCUT2D eigenvalue weighted by Gasteiger charge is -2.73. The van der Waals surface area contributed by atoms with Crippen LogP contribution in [0.5, 0.6) is 0 Å². The Morgan fingerprint density at radius 3 is 1.26 bits per heavy atom. The third-order valence-corrected chi connectivity index (χ3v) is 19.9. The van der Waals surface area contributed by atoms with Gasteiger partial charge < -0.3 is 0 Å². The summed E-state index contributed by atoms with van der Waals surface area (Å²) in [6, 6.07) is 0. The third-order valence-electron chi connectivity index (χ3n) is 19.9. The van der Waals surface area contributed by atoms with Gasteiger partial charge in [-0.05, 0) is 201 Å². The Morgan fingerprint density at radius 1 is 0.457 bits per heavy atom. The number of rotatable bonds is 10. The standard InChI is InChI=1S/C46H74/c1-8-26-17-34-29(11-4)31(33(34)16-25(26)7)14-13-24(6)15-32-30(12-5)37-20-41-42(21-38(32)37)46-23-44-40-19-36-28(10-3)27(9-2)35(36)18-39(40)43(44)22-45(41)46/h24,26-46H,7-23H2,1-6H3. The highest BCUT2D eigenvalue weighted by atomic mass is 14.7. The summed E-state index contributed by atoms with van der Waals surface area (Å²) in [6.07, 6.45) is 24.7. The zero-order valence-electron chi connectivity index (χ0n) is 31.2. The summed E-state index contributed by atoms with van der Waals surface area (Å²) in [5, 5.41) is 0. The van der Waals surface area contributed by atoms with Crippen LogP contribution in [0.2, 0.25) is 0 Å². The lowest BCUT2D eigenvalue weighted by Crippen LogP contribution is -2.66. The van der Waals surface area contributed by atoms with Crippen LogP contribution >= 0.6 is 0 Å². The molecule has 0 radical (unpaired) electrons. The molecule has 0 spiro atoms. The van der Waals surface area contributed by atoms with Crippen molar-refractivity contribution in [3.8, 4) is 0 Å². The minimum atomic E-state index is 0.832. The molecule has 0 aromatic heterocycles. The molecule has 0 aliphatic heterocycles. The van der Waals surface area contributed by atoms with Gasteiger partial charge in [0.25, 0.3) is 0 Å². The van der Waals surface area contributed by atoms with Crippen molar-refractivity contribution in [2.75, 3.05) is 0 Å². The first kappa shape index (κ1) is 31.7. The average Bonchev–Trinajstić information content (AvgIpc) is 3.03. The van der Waals surface area contributed by atoms with Gasteiger partial charge in [0.2, 0.25) is 0 Å². The zero-order valence-corrected chi connectivity index (χ0v) is 31.2. The molecule has 0 nitrogen and oxygen atoms in total. The zero-order chi connectivity index (χ0) is 31.6. The van der Waals surface area contributed by atoms with Crippen LogP contribution in [0.3, 0.4) is 0 Å². The van der Waals surface area contributed by atoms with Gasteiger partial charge in [-0.25, -0.2) is 0 Å². The first-order chi connectivity index (χ1) is 22.4. The van der Waals surface area contributed by atoms with Crippen molar-refractivity contribution in [1.29, 1.82) is 0 Å². The molecule has 0 bridgehead atoms. The fourth-order valence-electron chi connectivity index (χ4n) is 18.0. The average molecular weight is 627 g/mol. The van der Waals surface area contributed by atoms with Crippen molar-refractivity contribution in [3.05, 3.63) is 12.2 Å². The SMILES string of the molecule is C=C1CC2C(CCC(C)CC3C(CC)C4CC5C(CC34)C3CC4C6CC7C(CC)C(CC)C7CC6C4CC53)C(CC)C2CC1CC. The van der Waals surface area contributed by atoms with Crippen LogP contribution in [0.4, 0.5) is 0 Å². The minimum Gasteiger partial charge on any atom is -0.0996 e. The topological polar surface area (TPSA) is 0 Å². The van der Waals surface area contributed by atoms with E-state index in [1.165, 1.54) is 63.7 Å². The molecule has 9 fully saturated rings. The van der Waals surface area contributed by atoms with Crippen molar-refractivity contribution in [2.45, 2.75) is 144 Å². The first-order valence-electron chi connectivity index (χ1n) is 22.1. The molecule has 0 aromatic rings. The Bertz CT molecular complexity index is 1130.